The molecule has 6 heteroatoms. The zero-order valence-electron chi connectivity index (χ0n) is 9.58. The highest BCUT2D eigenvalue weighted by Crippen LogP contribution is 2.30. The first-order chi connectivity index (χ1) is 8.45. The standard InChI is InChI=1S/C12H11F3N2O/c1-8-16-6-10(17-8)7-18-11-4-2-9(3-5-11)12(13,14)15/h2-6H,7H2,1H3,(H,16,17). The molecule has 0 bridgehead atoms. The predicted octanol–water partition coefficient (Wildman–Crippen LogP) is 3.32. The molecule has 96 valence electrons. The Morgan fingerprint density at radius 1 is 1.22 bits per heavy atom. The summed E-state index contributed by atoms with van der Waals surface area (Å²) in [6.07, 6.45) is -2.70. The number of rotatable bonds is 3. The lowest BCUT2D eigenvalue weighted by atomic mass is 10.2. The Morgan fingerprint density at radius 3 is 2.39 bits per heavy atom. The van der Waals surface area contributed by atoms with Crippen LogP contribution in [0, 0.1) is 6.92 Å². The maximum absolute atomic E-state index is 12.3. The highest BCUT2D eigenvalue weighted by molar-refractivity contribution is 5.28. The molecule has 0 aliphatic rings. The van der Waals surface area contributed by atoms with Gasteiger partial charge in [0.05, 0.1) is 17.5 Å². The number of alkyl halides is 3. The second-order valence-electron chi connectivity index (χ2n) is 3.80. The lowest BCUT2D eigenvalue weighted by molar-refractivity contribution is -0.137. The maximum atomic E-state index is 12.3. The van der Waals surface area contributed by atoms with Crippen LogP contribution < -0.4 is 4.74 Å². The SMILES string of the molecule is Cc1ncc(COc2ccc(C(F)(F)F)cc2)[nH]1. The zero-order chi connectivity index (χ0) is 13.2. The van der Waals surface area contributed by atoms with Crippen molar-refractivity contribution >= 4 is 0 Å². The number of nitrogens with one attached hydrogen (secondary N) is 1. The minimum absolute atomic E-state index is 0.242. The molecule has 1 heterocycles. The minimum atomic E-state index is -4.32. The smallest absolute Gasteiger partial charge is 0.416 e. The summed E-state index contributed by atoms with van der Waals surface area (Å²) in [6.45, 7) is 2.05. The van der Waals surface area contributed by atoms with Crippen molar-refractivity contribution in [1.82, 2.24) is 9.97 Å². The lowest BCUT2D eigenvalue weighted by Crippen LogP contribution is -2.04. The molecule has 2 rings (SSSR count). The number of halogens is 3. The van der Waals surface area contributed by atoms with Gasteiger partial charge >= 0.3 is 6.18 Å². The number of benzene rings is 1. The molecule has 0 amide bonds. The lowest BCUT2D eigenvalue weighted by Gasteiger charge is -2.08. The summed E-state index contributed by atoms with van der Waals surface area (Å²) in [5.74, 6) is 1.15. The molecular formula is C12H11F3N2O. The van der Waals surface area contributed by atoms with E-state index < -0.39 is 11.7 Å². The first-order valence-corrected chi connectivity index (χ1v) is 5.26. The summed E-state index contributed by atoms with van der Waals surface area (Å²) in [7, 11) is 0. The number of imidazole rings is 1. The molecule has 0 aliphatic heterocycles. The van der Waals surface area contributed by atoms with Gasteiger partial charge in [0.15, 0.2) is 0 Å². The Balaban J connectivity index is 1.98. The van der Waals surface area contributed by atoms with Crippen LogP contribution in [0.5, 0.6) is 5.75 Å². The molecule has 0 saturated heterocycles. The fourth-order valence-electron chi connectivity index (χ4n) is 1.45. The van der Waals surface area contributed by atoms with E-state index in [0.29, 0.717) is 5.75 Å². The molecule has 3 nitrogen and oxygen atoms in total. The van der Waals surface area contributed by atoms with E-state index in [9.17, 15) is 13.2 Å². The first kappa shape index (κ1) is 12.5. The Kier molecular flexibility index (Phi) is 3.27. The molecule has 0 atom stereocenters. The molecule has 0 radical (unpaired) electrons. The van der Waals surface area contributed by atoms with Crippen LogP contribution in [0.25, 0.3) is 0 Å². The molecule has 0 fully saturated rings. The normalized spacial score (nSPS) is 11.6. The number of ether oxygens (including phenoxy) is 1. The van der Waals surface area contributed by atoms with Gasteiger partial charge in [0.25, 0.3) is 0 Å². The monoisotopic (exact) mass is 256 g/mol. The first-order valence-electron chi connectivity index (χ1n) is 5.26. The van der Waals surface area contributed by atoms with Crippen LogP contribution in [0.3, 0.4) is 0 Å². The van der Waals surface area contributed by atoms with Crippen LogP contribution in [0.15, 0.2) is 30.5 Å². The van der Waals surface area contributed by atoms with Gasteiger partial charge in [-0.05, 0) is 31.2 Å². The van der Waals surface area contributed by atoms with Gasteiger partial charge in [-0.2, -0.15) is 13.2 Å². The van der Waals surface area contributed by atoms with Gasteiger partial charge in [0.2, 0.25) is 0 Å². The summed E-state index contributed by atoms with van der Waals surface area (Å²) in [5.41, 5.74) is 0.0830. The summed E-state index contributed by atoms with van der Waals surface area (Å²) < 4.78 is 42.3. The van der Waals surface area contributed by atoms with Gasteiger partial charge in [0.1, 0.15) is 18.2 Å². The van der Waals surface area contributed by atoms with Crippen molar-refractivity contribution in [3.05, 3.63) is 47.5 Å². The average molecular weight is 256 g/mol. The Morgan fingerprint density at radius 2 is 1.89 bits per heavy atom. The van der Waals surface area contributed by atoms with Gasteiger partial charge in [-0.1, -0.05) is 0 Å². The van der Waals surface area contributed by atoms with E-state index in [4.69, 9.17) is 4.74 Å². The second kappa shape index (κ2) is 4.72. The van der Waals surface area contributed by atoms with Crippen LogP contribution in [0.4, 0.5) is 13.2 Å². The average Bonchev–Trinajstić information content (AvgIpc) is 2.72. The number of hydrogen-bond acceptors (Lipinski definition) is 2. The van der Waals surface area contributed by atoms with Crippen molar-refractivity contribution in [3.63, 3.8) is 0 Å². The van der Waals surface area contributed by atoms with Crippen LogP contribution in [0.1, 0.15) is 17.1 Å². The number of H-pyrrole nitrogens is 1. The highest BCUT2D eigenvalue weighted by Gasteiger charge is 2.29. The van der Waals surface area contributed by atoms with Crippen molar-refractivity contribution < 1.29 is 17.9 Å². The zero-order valence-corrected chi connectivity index (χ0v) is 9.58. The van der Waals surface area contributed by atoms with E-state index in [1.54, 1.807) is 6.20 Å². The molecule has 1 aromatic heterocycles. The van der Waals surface area contributed by atoms with E-state index in [1.807, 2.05) is 6.92 Å². The maximum Gasteiger partial charge on any atom is 0.416 e. The molecular weight excluding hydrogens is 245 g/mol. The topological polar surface area (TPSA) is 37.9 Å². The van der Waals surface area contributed by atoms with Crippen molar-refractivity contribution in [3.8, 4) is 5.75 Å². The fraction of sp³-hybridized carbons (Fsp3) is 0.250. The quantitative estimate of drug-likeness (QED) is 0.914. The molecule has 0 unspecified atom stereocenters. The van der Waals surface area contributed by atoms with Crippen molar-refractivity contribution in [2.75, 3.05) is 0 Å². The Hall–Kier alpha value is -1.98. The number of nitrogens with zero attached hydrogens (tertiary/aromatic N) is 1. The van der Waals surface area contributed by atoms with Crippen molar-refractivity contribution in [2.45, 2.75) is 19.7 Å². The van der Waals surface area contributed by atoms with Crippen LogP contribution in [0.2, 0.25) is 0 Å². The van der Waals surface area contributed by atoms with Crippen LogP contribution in [-0.4, -0.2) is 9.97 Å². The van der Waals surface area contributed by atoms with Crippen molar-refractivity contribution in [1.29, 1.82) is 0 Å². The van der Waals surface area contributed by atoms with Crippen LogP contribution >= 0.6 is 0 Å². The van der Waals surface area contributed by atoms with E-state index in [2.05, 4.69) is 9.97 Å². The molecule has 18 heavy (non-hydrogen) atoms. The largest absolute Gasteiger partial charge is 0.487 e. The molecule has 0 saturated carbocycles. The molecule has 0 spiro atoms. The van der Waals surface area contributed by atoms with Crippen molar-refractivity contribution in [2.24, 2.45) is 0 Å². The summed E-state index contributed by atoms with van der Waals surface area (Å²) in [5, 5.41) is 0. The molecule has 0 aliphatic carbocycles. The van der Waals surface area contributed by atoms with E-state index in [-0.39, 0.29) is 6.61 Å². The number of aromatic amines is 1. The summed E-state index contributed by atoms with van der Waals surface area (Å²) in [4.78, 5) is 6.96. The third-order valence-electron chi connectivity index (χ3n) is 2.33. The summed E-state index contributed by atoms with van der Waals surface area (Å²) >= 11 is 0. The predicted molar refractivity (Wildman–Crippen MR) is 59.1 cm³/mol. The van der Waals surface area contributed by atoms with Gasteiger partial charge in [0, 0.05) is 0 Å². The Bertz CT molecular complexity index is 517. The van der Waals surface area contributed by atoms with Gasteiger partial charge in [-0.15, -0.1) is 0 Å². The minimum Gasteiger partial charge on any atom is -0.487 e. The second-order valence-corrected chi connectivity index (χ2v) is 3.80. The number of hydrogen-bond donors (Lipinski definition) is 1. The van der Waals surface area contributed by atoms with E-state index in [0.717, 1.165) is 23.7 Å². The van der Waals surface area contributed by atoms with Gasteiger partial charge in [-0.25, -0.2) is 4.98 Å². The number of aromatic nitrogens is 2. The van der Waals surface area contributed by atoms with Gasteiger partial charge < -0.3 is 9.72 Å². The molecule has 1 N–H and O–H groups in total. The third-order valence-corrected chi connectivity index (χ3v) is 2.33. The molecule has 1 aromatic carbocycles. The van der Waals surface area contributed by atoms with E-state index >= 15 is 0 Å². The number of aryl methyl sites for hydroxylation is 1. The Labute approximate surface area is 102 Å². The highest BCUT2D eigenvalue weighted by atomic mass is 19.4. The van der Waals surface area contributed by atoms with Gasteiger partial charge in [-0.3, -0.25) is 0 Å². The van der Waals surface area contributed by atoms with Crippen LogP contribution in [-0.2, 0) is 12.8 Å². The molecule has 2 aromatic rings. The summed E-state index contributed by atoms with van der Waals surface area (Å²) in [6, 6.07) is 4.58. The fourth-order valence-corrected chi connectivity index (χ4v) is 1.45. The van der Waals surface area contributed by atoms with E-state index in [1.165, 1.54) is 12.1 Å². The third kappa shape index (κ3) is 3.03.